The Morgan fingerprint density at radius 3 is 2.94 bits per heavy atom. The standard InChI is InChI=1S/C12H25N5O/c1-3-6-17-12(14-11-15-17)10-16(7-4-5-13)8-9-18-2/h11H,3-10,13H2,1-2H3. The molecule has 1 aromatic rings. The number of methoxy groups -OCH3 is 1. The maximum atomic E-state index is 5.57. The lowest BCUT2D eigenvalue weighted by Crippen LogP contribution is -2.30. The van der Waals surface area contributed by atoms with E-state index in [0.29, 0.717) is 6.54 Å². The van der Waals surface area contributed by atoms with E-state index < -0.39 is 0 Å². The van der Waals surface area contributed by atoms with E-state index in [1.165, 1.54) is 0 Å². The van der Waals surface area contributed by atoms with Crippen molar-refractivity contribution in [3.8, 4) is 0 Å². The molecule has 104 valence electrons. The quantitative estimate of drug-likeness (QED) is 0.659. The normalized spacial score (nSPS) is 11.3. The summed E-state index contributed by atoms with van der Waals surface area (Å²) < 4.78 is 7.11. The Hall–Kier alpha value is -0.980. The molecule has 1 rings (SSSR count). The molecule has 0 bridgehead atoms. The van der Waals surface area contributed by atoms with Crippen molar-refractivity contribution < 1.29 is 4.74 Å². The molecular weight excluding hydrogens is 230 g/mol. The summed E-state index contributed by atoms with van der Waals surface area (Å²) >= 11 is 0. The Bertz CT molecular complexity index is 307. The fourth-order valence-electron chi connectivity index (χ4n) is 1.81. The molecule has 0 unspecified atom stereocenters. The van der Waals surface area contributed by atoms with Gasteiger partial charge in [-0.1, -0.05) is 6.92 Å². The Morgan fingerprint density at radius 1 is 1.44 bits per heavy atom. The number of rotatable bonds is 10. The van der Waals surface area contributed by atoms with Crippen molar-refractivity contribution >= 4 is 0 Å². The minimum absolute atomic E-state index is 0.713. The van der Waals surface area contributed by atoms with Crippen LogP contribution in [0.5, 0.6) is 0 Å². The number of hydrogen-bond donors (Lipinski definition) is 1. The average Bonchev–Trinajstić information content (AvgIpc) is 2.80. The number of aromatic nitrogens is 3. The van der Waals surface area contributed by atoms with Gasteiger partial charge in [0.2, 0.25) is 0 Å². The number of nitrogens with two attached hydrogens (primary N) is 1. The summed E-state index contributed by atoms with van der Waals surface area (Å²) in [7, 11) is 1.72. The van der Waals surface area contributed by atoms with E-state index >= 15 is 0 Å². The van der Waals surface area contributed by atoms with Crippen molar-refractivity contribution in [1.29, 1.82) is 0 Å². The lowest BCUT2D eigenvalue weighted by Gasteiger charge is -2.21. The minimum atomic E-state index is 0.713. The lowest BCUT2D eigenvalue weighted by atomic mass is 10.3. The number of aryl methyl sites for hydroxylation is 1. The lowest BCUT2D eigenvalue weighted by molar-refractivity contribution is 0.141. The van der Waals surface area contributed by atoms with Crippen LogP contribution in [0.15, 0.2) is 6.33 Å². The van der Waals surface area contributed by atoms with Gasteiger partial charge in [-0.05, 0) is 25.9 Å². The van der Waals surface area contributed by atoms with Crippen LogP contribution in [0.3, 0.4) is 0 Å². The SMILES string of the molecule is CCCn1ncnc1CN(CCCN)CCOC. The topological polar surface area (TPSA) is 69.2 Å². The Morgan fingerprint density at radius 2 is 2.28 bits per heavy atom. The molecule has 1 heterocycles. The molecule has 6 nitrogen and oxygen atoms in total. The zero-order chi connectivity index (χ0) is 13.2. The molecule has 0 aliphatic heterocycles. The molecule has 0 amide bonds. The van der Waals surface area contributed by atoms with E-state index in [1.807, 2.05) is 4.68 Å². The predicted octanol–water partition coefficient (Wildman–Crippen LogP) is 0.485. The highest BCUT2D eigenvalue weighted by molar-refractivity contribution is 4.84. The minimum Gasteiger partial charge on any atom is -0.383 e. The van der Waals surface area contributed by atoms with Crippen LogP contribution in [0.1, 0.15) is 25.6 Å². The van der Waals surface area contributed by atoms with Gasteiger partial charge in [0, 0.05) is 20.2 Å². The molecule has 0 fully saturated rings. The zero-order valence-corrected chi connectivity index (χ0v) is 11.5. The van der Waals surface area contributed by atoms with Crippen molar-refractivity contribution in [2.75, 3.05) is 33.4 Å². The summed E-state index contributed by atoms with van der Waals surface area (Å²) in [4.78, 5) is 6.64. The van der Waals surface area contributed by atoms with Gasteiger partial charge in [-0.25, -0.2) is 9.67 Å². The monoisotopic (exact) mass is 255 g/mol. The van der Waals surface area contributed by atoms with Crippen LogP contribution in [0.2, 0.25) is 0 Å². The summed E-state index contributed by atoms with van der Waals surface area (Å²) in [5.41, 5.74) is 5.57. The van der Waals surface area contributed by atoms with Crippen LogP contribution >= 0.6 is 0 Å². The number of hydrogen-bond acceptors (Lipinski definition) is 5. The summed E-state index contributed by atoms with van der Waals surface area (Å²) in [6.07, 6.45) is 3.69. The van der Waals surface area contributed by atoms with Gasteiger partial charge in [0.15, 0.2) is 0 Å². The zero-order valence-electron chi connectivity index (χ0n) is 11.5. The first kappa shape index (κ1) is 15.1. The fraction of sp³-hybridized carbons (Fsp3) is 0.833. The van der Waals surface area contributed by atoms with Crippen molar-refractivity contribution in [1.82, 2.24) is 19.7 Å². The molecule has 0 saturated carbocycles. The molecule has 0 aromatic carbocycles. The Labute approximate surface area is 109 Å². The molecule has 0 atom stereocenters. The van der Waals surface area contributed by atoms with Crippen molar-refractivity contribution in [3.05, 3.63) is 12.2 Å². The molecule has 2 N–H and O–H groups in total. The van der Waals surface area contributed by atoms with E-state index in [4.69, 9.17) is 10.5 Å². The van der Waals surface area contributed by atoms with Gasteiger partial charge in [0.1, 0.15) is 12.2 Å². The van der Waals surface area contributed by atoms with Crippen LogP contribution in [0, 0.1) is 0 Å². The van der Waals surface area contributed by atoms with Gasteiger partial charge in [-0.3, -0.25) is 4.90 Å². The van der Waals surface area contributed by atoms with Crippen molar-refractivity contribution in [3.63, 3.8) is 0 Å². The maximum Gasteiger partial charge on any atom is 0.141 e. The van der Waals surface area contributed by atoms with Gasteiger partial charge in [-0.2, -0.15) is 5.10 Å². The molecule has 0 aliphatic rings. The van der Waals surface area contributed by atoms with Crippen LogP contribution in [-0.2, 0) is 17.8 Å². The van der Waals surface area contributed by atoms with Crippen LogP contribution < -0.4 is 5.73 Å². The molecular formula is C12H25N5O. The summed E-state index contributed by atoms with van der Waals surface area (Å²) in [5, 5.41) is 4.24. The first-order valence-corrected chi connectivity index (χ1v) is 6.59. The maximum absolute atomic E-state index is 5.57. The van der Waals surface area contributed by atoms with Crippen molar-refractivity contribution in [2.45, 2.75) is 32.9 Å². The van der Waals surface area contributed by atoms with E-state index in [0.717, 1.165) is 51.5 Å². The molecule has 0 saturated heterocycles. The Balaban J connectivity index is 2.53. The van der Waals surface area contributed by atoms with E-state index in [1.54, 1.807) is 13.4 Å². The highest BCUT2D eigenvalue weighted by Crippen LogP contribution is 2.03. The third kappa shape index (κ3) is 5.12. The molecule has 18 heavy (non-hydrogen) atoms. The van der Waals surface area contributed by atoms with E-state index in [9.17, 15) is 0 Å². The smallest absolute Gasteiger partial charge is 0.141 e. The molecule has 0 radical (unpaired) electrons. The highest BCUT2D eigenvalue weighted by atomic mass is 16.5. The molecule has 6 heteroatoms. The highest BCUT2D eigenvalue weighted by Gasteiger charge is 2.10. The summed E-state index contributed by atoms with van der Waals surface area (Å²) in [6, 6.07) is 0. The third-order valence-corrected chi connectivity index (χ3v) is 2.79. The summed E-state index contributed by atoms with van der Waals surface area (Å²) in [5.74, 6) is 1.02. The van der Waals surface area contributed by atoms with Gasteiger partial charge < -0.3 is 10.5 Å². The average molecular weight is 255 g/mol. The number of ether oxygens (including phenoxy) is 1. The Kier molecular flexibility index (Phi) is 7.55. The van der Waals surface area contributed by atoms with E-state index in [-0.39, 0.29) is 0 Å². The predicted molar refractivity (Wildman–Crippen MR) is 71.1 cm³/mol. The second-order valence-corrected chi connectivity index (χ2v) is 4.31. The van der Waals surface area contributed by atoms with Gasteiger partial charge in [0.05, 0.1) is 13.2 Å². The second kappa shape index (κ2) is 9.02. The van der Waals surface area contributed by atoms with Gasteiger partial charge >= 0.3 is 0 Å². The van der Waals surface area contributed by atoms with Crippen LogP contribution in [-0.4, -0.2) is 53.0 Å². The van der Waals surface area contributed by atoms with Gasteiger partial charge in [-0.15, -0.1) is 0 Å². The van der Waals surface area contributed by atoms with E-state index in [2.05, 4.69) is 21.9 Å². The first-order chi connectivity index (χ1) is 8.81. The third-order valence-electron chi connectivity index (χ3n) is 2.79. The van der Waals surface area contributed by atoms with Crippen molar-refractivity contribution in [2.24, 2.45) is 5.73 Å². The molecule has 1 aromatic heterocycles. The first-order valence-electron chi connectivity index (χ1n) is 6.59. The number of nitrogens with zero attached hydrogens (tertiary/aromatic N) is 4. The fourth-order valence-corrected chi connectivity index (χ4v) is 1.81. The van der Waals surface area contributed by atoms with Crippen LogP contribution in [0.25, 0.3) is 0 Å². The van der Waals surface area contributed by atoms with Gasteiger partial charge in [0.25, 0.3) is 0 Å². The van der Waals surface area contributed by atoms with Crippen LogP contribution in [0.4, 0.5) is 0 Å². The molecule has 0 spiro atoms. The summed E-state index contributed by atoms with van der Waals surface area (Å²) in [6.45, 7) is 7.18. The largest absolute Gasteiger partial charge is 0.383 e. The molecule has 0 aliphatic carbocycles. The second-order valence-electron chi connectivity index (χ2n) is 4.31.